The Bertz CT molecular complexity index is 538. The van der Waals surface area contributed by atoms with Crippen molar-refractivity contribution in [3.05, 3.63) is 58.9 Å². The van der Waals surface area contributed by atoms with Gasteiger partial charge in [-0.15, -0.1) is 0 Å². The van der Waals surface area contributed by atoms with Crippen LogP contribution in [-0.2, 0) is 0 Å². The SMILES string of the molecule is COc1c(C(O)c2cccnc2)ccc(C)c1C. The number of aromatic nitrogens is 1. The van der Waals surface area contributed by atoms with Crippen LogP contribution in [0.1, 0.15) is 28.4 Å². The molecule has 0 radical (unpaired) electrons. The molecule has 0 bridgehead atoms. The van der Waals surface area contributed by atoms with Crippen LogP contribution in [0.3, 0.4) is 0 Å². The van der Waals surface area contributed by atoms with Crippen LogP contribution in [0.2, 0.25) is 0 Å². The Hall–Kier alpha value is -1.87. The highest BCUT2D eigenvalue weighted by Gasteiger charge is 2.17. The predicted molar refractivity (Wildman–Crippen MR) is 70.8 cm³/mol. The topological polar surface area (TPSA) is 42.4 Å². The Kier molecular flexibility index (Phi) is 3.63. The zero-order chi connectivity index (χ0) is 13.1. The lowest BCUT2D eigenvalue weighted by atomic mass is 9.97. The summed E-state index contributed by atoms with van der Waals surface area (Å²) in [4.78, 5) is 4.03. The van der Waals surface area contributed by atoms with E-state index in [2.05, 4.69) is 4.98 Å². The van der Waals surface area contributed by atoms with Crippen LogP contribution in [0.5, 0.6) is 5.75 Å². The van der Waals surface area contributed by atoms with Crippen LogP contribution < -0.4 is 4.74 Å². The van der Waals surface area contributed by atoms with E-state index in [9.17, 15) is 5.11 Å². The van der Waals surface area contributed by atoms with E-state index in [0.717, 1.165) is 28.0 Å². The molecule has 0 aliphatic carbocycles. The third-order valence-electron chi connectivity index (χ3n) is 3.21. The molecule has 1 atom stereocenters. The van der Waals surface area contributed by atoms with Crippen molar-refractivity contribution in [2.45, 2.75) is 20.0 Å². The molecule has 0 fully saturated rings. The molecule has 94 valence electrons. The summed E-state index contributed by atoms with van der Waals surface area (Å²) < 4.78 is 5.42. The minimum Gasteiger partial charge on any atom is -0.496 e. The number of aliphatic hydroxyl groups excluding tert-OH is 1. The standard InChI is InChI=1S/C15H17NO2/c1-10-6-7-13(15(18-3)11(10)2)14(17)12-5-4-8-16-9-12/h4-9,14,17H,1-3H3. The van der Waals surface area contributed by atoms with Crippen molar-refractivity contribution in [2.75, 3.05) is 7.11 Å². The van der Waals surface area contributed by atoms with E-state index in [-0.39, 0.29) is 0 Å². The predicted octanol–water partition coefficient (Wildman–Crippen LogP) is 2.79. The smallest absolute Gasteiger partial charge is 0.128 e. The van der Waals surface area contributed by atoms with E-state index in [0.29, 0.717) is 0 Å². The first-order chi connectivity index (χ1) is 8.65. The van der Waals surface area contributed by atoms with E-state index in [1.165, 1.54) is 0 Å². The summed E-state index contributed by atoms with van der Waals surface area (Å²) in [6, 6.07) is 7.56. The average molecular weight is 243 g/mol. The summed E-state index contributed by atoms with van der Waals surface area (Å²) in [6.45, 7) is 4.02. The molecule has 1 aromatic heterocycles. The van der Waals surface area contributed by atoms with Gasteiger partial charge in [0.05, 0.1) is 7.11 Å². The fourth-order valence-corrected chi connectivity index (χ4v) is 2.01. The summed E-state index contributed by atoms with van der Waals surface area (Å²) in [5, 5.41) is 10.4. The fourth-order valence-electron chi connectivity index (χ4n) is 2.01. The molecule has 0 saturated heterocycles. The lowest BCUT2D eigenvalue weighted by Crippen LogP contribution is -2.04. The zero-order valence-corrected chi connectivity index (χ0v) is 10.8. The Labute approximate surface area is 107 Å². The van der Waals surface area contributed by atoms with Crippen molar-refractivity contribution in [2.24, 2.45) is 0 Å². The van der Waals surface area contributed by atoms with Gasteiger partial charge in [0.1, 0.15) is 11.9 Å². The number of methoxy groups -OCH3 is 1. The Morgan fingerprint density at radius 3 is 2.61 bits per heavy atom. The molecule has 0 aliphatic heterocycles. The first-order valence-electron chi connectivity index (χ1n) is 5.87. The Morgan fingerprint density at radius 1 is 1.22 bits per heavy atom. The van der Waals surface area contributed by atoms with Gasteiger partial charge in [0.15, 0.2) is 0 Å². The van der Waals surface area contributed by atoms with Crippen molar-refractivity contribution in [3.8, 4) is 5.75 Å². The van der Waals surface area contributed by atoms with Crippen LogP contribution in [0.15, 0.2) is 36.7 Å². The van der Waals surface area contributed by atoms with E-state index < -0.39 is 6.10 Å². The lowest BCUT2D eigenvalue weighted by molar-refractivity contribution is 0.214. The largest absolute Gasteiger partial charge is 0.496 e. The number of ether oxygens (including phenoxy) is 1. The monoisotopic (exact) mass is 243 g/mol. The van der Waals surface area contributed by atoms with Gasteiger partial charge in [0, 0.05) is 23.5 Å². The number of hydrogen-bond acceptors (Lipinski definition) is 3. The average Bonchev–Trinajstić information content (AvgIpc) is 2.42. The first-order valence-corrected chi connectivity index (χ1v) is 5.87. The molecule has 1 heterocycles. The van der Waals surface area contributed by atoms with Gasteiger partial charge in [-0.1, -0.05) is 18.2 Å². The van der Waals surface area contributed by atoms with Gasteiger partial charge >= 0.3 is 0 Å². The molecule has 1 N–H and O–H groups in total. The molecule has 0 amide bonds. The maximum absolute atomic E-state index is 10.4. The van der Waals surface area contributed by atoms with Gasteiger partial charge in [-0.2, -0.15) is 0 Å². The number of aryl methyl sites for hydroxylation is 1. The van der Waals surface area contributed by atoms with Crippen molar-refractivity contribution < 1.29 is 9.84 Å². The number of pyridine rings is 1. The van der Waals surface area contributed by atoms with Crippen LogP contribution >= 0.6 is 0 Å². The third-order valence-corrected chi connectivity index (χ3v) is 3.21. The third kappa shape index (κ3) is 2.22. The minimum atomic E-state index is -0.715. The molecule has 0 spiro atoms. The van der Waals surface area contributed by atoms with Crippen molar-refractivity contribution in [1.29, 1.82) is 0 Å². The quantitative estimate of drug-likeness (QED) is 0.901. The second-order valence-electron chi connectivity index (χ2n) is 4.32. The highest BCUT2D eigenvalue weighted by Crippen LogP contribution is 2.33. The second-order valence-corrected chi connectivity index (χ2v) is 4.32. The maximum atomic E-state index is 10.4. The van der Waals surface area contributed by atoms with Crippen molar-refractivity contribution in [1.82, 2.24) is 4.98 Å². The highest BCUT2D eigenvalue weighted by atomic mass is 16.5. The molecule has 0 saturated carbocycles. The van der Waals surface area contributed by atoms with Gasteiger partial charge < -0.3 is 9.84 Å². The number of rotatable bonds is 3. The van der Waals surface area contributed by atoms with E-state index in [4.69, 9.17) is 4.74 Å². The molecule has 3 heteroatoms. The molecular formula is C15H17NO2. The molecule has 18 heavy (non-hydrogen) atoms. The van der Waals surface area contributed by atoms with Gasteiger partial charge in [-0.3, -0.25) is 4.98 Å². The Morgan fingerprint density at radius 2 is 2.00 bits per heavy atom. The van der Waals surface area contributed by atoms with Crippen LogP contribution in [-0.4, -0.2) is 17.2 Å². The zero-order valence-electron chi connectivity index (χ0n) is 10.8. The summed E-state index contributed by atoms with van der Waals surface area (Å²) in [6.07, 6.45) is 2.64. The Balaban J connectivity index is 2.49. The van der Waals surface area contributed by atoms with Gasteiger partial charge in [0.2, 0.25) is 0 Å². The van der Waals surface area contributed by atoms with E-state index in [1.54, 1.807) is 19.5 Å². The summed E-state index contributed by atoms with van der Waals surface area (Å²) >= 11 is 0. The normalized spacial score (nSPS) is 12.2. The molecule has 0 aliphatic rings. The fraction of sp³-hybridized carbons (Fsp3) is 0.267. The van der Waals surface area contributed by atoms with Gasteiger partial charge in [-0.25, -0.2) is 0 Å². The van der Waals surface area contributed by atoms with Crippen LogP contribution in [0, 0.1) is 13.8 Å². The summed E-state index contributed by atoms with van der Waals surface area (Å²) in [5.41, 5.74) is 3.74. The highest BCUT2D eigenvalue weighted by molar-refractivity contribution is 5.48. The number of benzene rings is 1. The van der Waals surface area contributed by atoms with Crippen LogP contribution in [0.4, 0.5) is 0 Å². The summed E-state index contributed by atoms with van der Waals surface area (Å²) in [7, 11) is 1.63. The minimum absolute atomic E-state index is 0.715. The number of nitrogens with zero attached hydrogens (tertiary/aromatic N) is 1. The lowest BCUT2D eigenvalue weighted by Gasteiger charge is -2.18. The molecule has 2 rings (SSSR count). The van der Waals surface area contributed by atoms with Gasteiger partial charge in [0.25, 0.3) is 0 Å². The van der Waals surface area contributed by atoms with Crippen molar-refractivity contribution in [3.63, 3.8) is 0 Å². The molecule has 1 aromatic carbocycles. The van der Waals surface area contributed by atoms with E-state index in [1.807, 2.05) is 38.1 Å². The number of hydrogen-bond donors (Lipinski definition) is 1. The molecule has 3 nitrogen and oxygen atoms in total. The maximum Gasteiger partial charge on any atom is 0.128 e. The second kappa shape index (κ2) is 5.19. The molecule has 1 unspecified atom stereocenters. The summed E-state index contributed by atoms with van der Waals surface area (Å²) in [5.74, 6) is 0.742. The van der Waals surface area contributed by atoms with Crippen LogP contribution in [0.25, 0.3) is 0 Å². The van der Waals surface area contributed by atoms with Gasteiger partial charge in [-0.05, 0) is 31.0 Å². The number of aliphatic hydroxyl groups is 1. The first kappa shape index (κ1) is 12.6. The van der Waals surface area contributed by atoms with E-state index >= 15 is 0 Å². The molecular weight excluding hydrogens is 226 g/mol. The van der Waals surface area contributed by atoms with Crippen molar-refractivity contribution >= 4 is 0 Å². The molecule has 2 aromatic rings.